The lowest BCUT2D eigenvalue weighted by Crippen LogP contribution is -2.37. The number of carboxylic acid groups (broad SMARTS) is 1. The van der Waals surface area contributed by atoms with E-state index in [9.17, 15) is 4.79 Å². The molecule has 0 saturated carbocycles. The second-order valence-electron chi connectivity index (χ2n) is 3.67. The van der Waals surface area contributed by atoms with Crippen LogP contribution in [0.15, 0.2) is 0 Å². The van der Waals surface area contributed by atoms with Crippen molar-refractivity contribution in [3.05, 3.63) is 0 Å². The second-order valence-corrected chi connectivity index (χ2v) is 3.67. The highest BCUT2D eigenvalue weighted by molar-refractivity contribution is 5.66. The molecule has 1 heterocycles. The normalized spacial score (nSPS) is 27.8. The Bertz CT molecular complexity index is 173. The van der Waals surface area contributed by atoms with Crippen LogP contribution in [0.2, 0.25) is 0 Å². The minimum absolute atomic E-state index is 0.209. The molecule has 2 atom stereocenters. The Kier molecular flexibility index (Phi) is 4.18. The molecule has 1 fully saturated rings. The lowest BCUT2D eigenvalue weighted by molar-refractivity contribution is -0.136. The number of carbonyl (C=O) groups is 1. The Morgan fingerprint density at radius 1 is 1.69 bits per heavy atom. The summed E-state index contributed by atoms with van der Waals surface area (Å²) in [6.07, 6.45) is 1.44. The summed E-state index contributed by atoms with van der Waals surface area (Å²) in [5, 5.41) is 14.9. The minimum Gasteiger partial charge on any atom is -0.481 e. The molecule has 0 bridgehead atoms. The predicted octanol–water partition coefficient (Wildman–Crippen LogP) is 0.0487. The molecule has 76 valence electrons. The maximum atomic E-state index is 10.2. The average molecular weight is 186 g/mol. The van der Waals surface area contributed by atoms with Gasteiger partial charge in [-0.3, -0.25) is 4.79 Å². The Morgan fingerprint density at radius 2 is 2.46 bits per heavy atom. The van der Waals surface area contributed by atoms with Crippen LogP contribution in [-0.4, -0.2) is 36.8 Å². The van der Waals surface area contributed by atoms with Gasteiger partial charge in [0.25, 0.3) is 0 Å². The molecule has 0 aromatic carbocycles. The van der Waals surface area contributed by atoms with E-state index < -0.39 is 5.97 Å². The van der Waals surface area contributed by atoms with Gasteiger partial charge in [-0.1, -0.05) is 6.92 Å². The van der Waals surface area contributed by atoms with E-state index in [4.69, 9.17) is 5.11 Å². The molecule has 0 aliphatic carbocycles. The van der Waals surface area contributed by atoms with Gasteiger partial charge < -0.3 is 15.7 Å². The standard InChI is InChI=1S/C9H18N2O2/c1-7-2-5-11-8(7)6-10-4-3-9(12)13/h7-8,10-11H,2-6H2,1H3,(H,12,13). The lowest BCUT2D eigenvalue weighted by Gasteiger charge is -2.15. The average Bonchev–Trinajstić information content (AvgIpc) is 2.45. The fourth-order valence-electron chi connectivity index (χ4n) is 1.63. The van der Waals surface area contributed by atoms with Crippen molar-refractivity contribution in [2.75, 3.05) is 19.6 Å². The smallest absolute Gasteiger partial charge is 0.304 e. The maximum Gasteiger partial charge on any atom is 0.304 e. The van der Waals surface area contributed by atoms with Crippen molar-refractivity contribution in [3.63, 3.8) is 0 Å². The molecule has 13 heavy (non-hydrogen) atoms. The largest absolute Gasteiger partial charge is 0.481 e. The summed E-state index contributed by atoms with van der Waals surface area (Å²) >= 11 is 0. The van der Waals surface area contributed by atoms with Crippen LogP contribution in [0.25, 0.3) is 0 Å². The maximum absolute atomic E-state index is 10.2. The van der Waals surface area contributed by atoms with Crippen molar-refractivity contribution in [3.8, 4) is 0 Å². The molecule has 0 aromatic rings. The molecule has 1 aliphatic rings. The summed E-state index contributed by atoms with van der Waals surface area (Å²) in [5.74, 6) is -0.0303. The first-order valence-electron chi connectivity index (χ1n) is 4.86. The Hall–Kier alpha value is -0.610. The van der Waals surface area contributed by atoms with E-state index in [2.05, 4.69) is 17.6 Å². The van der Waals surface area contributed by atoms with Crippen LogP contribution < -0.4 is 10.6 Å². The van der Waals surface area contributed by atoms with Crippen LogP contribution in [0, 0.1) is 5.92 Å². The van der Waals surface area contributed by atoms with Crippen LogP contribution in [0.4, 0.5) is 0 Å². The van der Waals surface area contributed by atoms with Gasteiger partial charge in [0.15, 0.2) is 0 Å². The van der Waals surface area contributed by atoms with Gasteiger partial charge in [-0.05, 0) is 18.9 Å². The Morgan fingerprint density at radius 3 is 3.00 bits per heavy atom. The predicted molar refractivity (Wildman–Crippen MR) is 50.7 cm³/mol. The highest BCUT2D eigenvalue weighted by Crippen LogP contribution is 2.12. The van der Waals surface area contributed by atoms with E-state index in [1.54, 1.807) is 0 Å². The summed E-state index contributed by atoms with van der Waals surface area (Å²) < 4.78 is 0. The molecule has 1 saturated heterocycles. The molecule has 4 nitrogen and oxygen atoms in total. The van der Waals surface area contributed by atoms with Gasteiger partial charge in [-0.25, -0.2) is 0 Å². The first-order valence-corrected chi connectivity index (χ1v) is 4.86. The van der Waals surface area contributed by atoms with E-state index in [0.29, 0.717) is 18.5 Å². The Labute approximate surface area is 78.7 Å². The molecule has 0 spiro atoms. The fraction of sp³-hybridized carbons (Fsp3) is 0.889. The van der Waals surface area contributed by atoms with Crippen LogP contribution >= 0.6 is 0 Å². The highest BCUT2D eigenvalue weighted by Gasteiger charge is 2.21. The molecule has 0 radical (unpaired) electrons. The van der Waals surface area contributed by atoms with Gasteiger partial charge in [0.2, 0.25) is 0 Å². The van der Waals surface area contributed by atoms with Crippen molar-refractivity contribution in [1.29, 1.82) is 0 Å². The molecular weight excluding hydrogens is 168 g/mol. The molecule has 0 amide bonds. The summed E-state index contributed by atoms with van der Waals surface area (Å²) in [4.78, 5) is 10.2. The van der Waals surface area contributed by atoms with Crippen molar-refractivity contribution in [1.82, 2.24) is 10.6 Å². The van der Waals surface area contributed by atoms with E-state index in [0.717, 1.165) is 13.1 Å². The number of hydrogen-bond acceptors (Lipinski definition) is 3. The number of carboxylic acids is 1. The van der Waals surface area contributed by atoms with Crippen LogP contribution in [0.1, 0.15) is 19.8 Å². The third-order valence-electron chi connectivity index (χ3n) is 2.57. The van der Waals surface area contributed by atoms with Crippen LogP contribution in [-0.2, 0) is 4.79 Å². The van der Waals surface area contributed by atoms with Crippen molar-refractivity contribution in [2.45, 2.75) is 25.8 Å². The molecular formula is C9H18N2O2. The number of hydrogen-bond donors (Lipinski definition) is 3. The molecule has 3 N–H and O–H groups in total. The topological polar surface area (TPSA) is 61.4 Å². The van der Waals surface area contributed by atoms with Crippen molar-refractivity contribution < 1.29 is 9.90 Å². The number of rotatable bonds is 5. The van der Waals surface area contributed by atoms with Gasteiger partial charge in [0.1, 0.15) is 0 Å². The number of nitrogens with one attached hydrogen (secondary N) is 2. The first-order chi connectivity index (χ1) is 6.20. The van der Waals surface area contributed by atoms with Gasteiger partial charge in [-0.2, -0.15) is 0 Å². The SMILES string of the molecule is CC1CCNC1CNCCC(=O)O. The molecule has 1 rings (SSSR count). The zero-order valence-corrected chi connectivity index (χ0v) is 8.05. The van der Waals surface area contributed by atoms with Gasteiger partial charge >= 0.3 is 5.97 Å². The van der Waals surface area contributed by atoms with Crippen molar-refractivity contribution in [2.24, 2.45) is 5.92 Å². The monoisotopic (exact) mass is 186 g/mol. The zero-order valence-electron chi connectivity index (χ0n) is 8.05. The Balaban J connectivity index is 2.02. The van der Waals surface area contributed by atoms with Gasteiger partial charge in [0.05, 0.1) is 6.42 Å². The van der Waals surface area contributed by atoms with E-state index in [-0.39, 0.29) is 6.42 Å². The van der Waals surface area contributed by atoms with Crippen LogP contribution in [0.3, 0.4) is 0 Å². The fourth-order valence-corrected chi connectivity index (χ4v) is 1.63. The third-order valence-corrected chi connectivity index (χ3v) is 2.57. The number of aliphatic carboxylic acids is 1. The lowest BCUT2D eigenvalue weighted by atomic mass is 10.0. The molecule has 1 aliphatic heterocycles. The zero-order chi connectivity index (χ0) is 9.68. The van der Waals surface area contributed by atoms with Gasteiger partial charge in [0, 0.05) is 19.1 Å². The molecule has 4 heteroatoms. The highest BCUT2D eigenvalue weighted by atomic mass is 16.4. The first kappa shape index (κ1) is 10.5. The van der Waals surface area contributed by atoms with E-state index in [1.807, 2.05) is 0 Å². The third kappa shape index (κ3) is 3.74. The van der Waals surface area contributed by atoms with Crippen LogP contribution in [0.5, 0.6) is 0 Å². The summed E-state index contributed by atoms with van der Waals surface area (Å²) in [7, 11) is 0. The molecule has 2 unspecified atom stereocenters. The van der Waals surface area contributed by atoms with Gasteiger partial charge in [-0.15, -0.1) is 0 Å². The quantitative estimate of drug-likeness (QED) is 0.531. The summed E-state index contributed by atoms with van der Waals surface area (Å²) in [6.45, 7) is 4.77. The van der Waals surface area contributed by atoms with E-state index >= 15 is 0 Å². The second kappa shape index (κ2) is 5.19. The van der Waals surface area contributed by atoms with E-state index in [1.165, 1.54) is 6.42 Å². The summed E-state index contributed by atoms with van der Waals surface area (Å²) in [5.41, 5.74) is 0. The molecule has 0 aromatic heterocycles. The minimum atomic E-state index is -0.736. The van der Waals surface area contributed by atoms with Crippen molar-refractivity contribution >= 4 is 5.97 Å². The summed E-state index contributed by atoms with van der Waals surface area (Å²) in [6, 6.07) is 0.522.